The number of carbonyl (C=O) groups is 1. The van der Waals surface area contributed by atoms with Gasteiger partial charge in [0, 0.05) is 12.3 Å². The smallest absolute Gasteiger partial charge is 0.187 e. The number of hydrogen-bond acceptors (Lipinski definition) is 9. The number of carbonyl (C=O) groups excluding carboxylic acids is 1. The number of ether oxygens (including phenoxy) is 3. The van der Waals surface area contributed by atoms with Gasteiger partial charge in [-0.3, -0.25) is 4.79 Å². The zero-order valence-corrected chi connectivity index (χ0v) is 16.3. The van der Waals surface area contributed by atoms with E-state index >= 15 is 0 Å². The normalized spacial score (nSPS) is 52.7. The highest BCUT2D eigenvalue weighted by Crippen LogP contribution is 2.46. The second-order valence-electron chi connectivity index (χ2n) is 8.71. The van der Waals surface area contributed by atoms with Crippen molar-refractivity contribution in [2.24, 2.45) is 17.8 Å². The van der Waals surface area contributed by atoms with Crippen molar-refractivity contribution in [2.45, 2.75) is 81.3 Å². The second kappa shape index (κ2) is 8.32. The van der Waals surface area contributed by atoms with E-state index in [0.717, 1.165) is 0 Å². The number of Topliss-reactive ketones (excluding diaryl/α,β-unsaturated/α-hetero) is 1. The maximum atomic E-state index is 12.6. The fraction of sp³-hybridized carbons (Fsp3) is 0.850. The Kier molecular flexibility index (Phi) is 6.12. The van der Waals surface area contributed by atoms with Gasteiger partial charge in [0.2, 0.25) is 0 Å². The van der Waals surface area contributed by atoms with Crippen molar-refractivity contribution < 1.29 is 44.5 Å². The van der Waals surface area contributed by atoms with Crippen molar-refractivity contribution in [3.63, 3.8) is 0 Å². The summed E-state index contributed by atoms with van der Waals surface area (Å²) in [4.78, 5) is 12.6. The minimum Gasteiger partial charge on any atom is -0.394 e. The zero-order chi connectivity index (χ0) is 20.9. The first-order chi connectivity index (χ1) is 13.8. The Morgan fingerprint density at radius 3 is 2.59 bits per heavy atom. The summed E-state index contributed by atoms with van der Waals surface area (Å²) >= 11 is 0. The molecule has 0 aromatic carbocycles. The van der Waals surface area contributed by atoms with Gasteiger partial charge in [0.1, 0.15) is 30.2 Å². The van der Waals surface area contributed by atoms with Gasteiger partial charge < -0.3 is 39.7 Å². The van der Waals surface area contributed by atoms with E-state index in [9.17, 15) is 30.3 Å². The average molecular weight is 414 g/mol. The fourth-order valence-corrected chi connectivity index (χ4v) is 5.35. The van der Waals surface area contributed by atoms with E-state index in [1.165, 1.54) is 0 Å². The lowest BCUT2D eigenvalue weighted by Gasteiger charge is -2.51. The molecule has 5 N–H and O–H groups in total. The van der Waals surface area contributed by atoms with Crippen LogP contribution in [0.2, 0.25) is 0 Å². The first-order valence-corrected chi connectivity index (χ1v) is 10.3. The van der Waals surface area contributed by atoms with Gasteiger partial charge >= 0.3 is 0 Å². The molecule has 7 unspecified atom stereocenters. The summed E-state index contributed by atoms with van der Waals surface area (Å²) in [5.41, 5.74) is 0. The van der Waals surface area contributed by atoms with Crippen LogP contribution in [0.3, 0.4) is 0 Å². The highest BCUT2D eigenvalue weighted by molar-refractivity contribution is 5.83. The third-order valence-corrected chi connectivity index (χ3v) is 6.79. The van der Waals surface area contributed by atoms with Crippen LogP contribution in [0.1, 0.15) is 26.2 Å². The van der Waals surface area contributed by atoms with Gasteiger partial charge in [-0.1, -0.05) is 12.2 Å². The molecule has 0 spiro atoms. The molecule has 4 aliphatic rings. The first kappa shape index (κ1) is 21.3. The van der Waals surface area contributed by atoms with Gasteiger partial charge in [0.05, 0.1) is 36.9 Å². The predicted octanol–water partition coefficient (Wildman–Crippen LogP) is -1.51. The largest absolute Gasteiger partial charge is 0.394 e. The molecule has 0 radical (unpaired) electrons. The Labute approximate surface area is 168 Å². The summed E-state index contributed by atoms with van der Waals surface area (Å²) in [5.74, 6) is -0.987. The van der Waals surface area contributed by atoms with Crippen LogP contribution >= 0.6 is 0 Å². The van der Waals surface area contributed by atoms with Crippen LogP contribution in [-0.4, -0.2) is 93.0 Å². The van der Waals surface area contributed by atoms with Gasteiger partial charge in [0.25, 0.3) is 0 Å². The van der Waals surface area contributed by atoms with E-state index < -0.39 is 61.4 Å². The van der Waals surface area contributed by atoms with Gasteiger partial charge in [-0.25, -0.2) is 0 Å². The first-order valence-electron chi connectivity index (χ1n) is 10.3. The highest BCUT2D eigenvalue weighted by Gasteiger charge is 2.54. The Hall–Kier alpha value is -0.910. The summed E-state index contributed by atoms with van der Waals surface area (Å²) in [5, 5.41) is 50.6. The SMILES string of the molecule is CC1CC(=O)C2C(CC3CC=CC(O[C@@H]4O[C@H](CO)[C@@H](O)[C@H](O)[C@H]4O)C3C2O)O1. The van der Waals surface area contributed by atoms with Crippen LogP contribution in [0.5, 0.6) is 0 Å². The van der Waals surface area contributed by atoms with Crippen molar-refractivity contribution in [2.75, 3.05) is 6.61 Å². The Balaban J connectivity index is 1.52. The molecule has 4 rings (SSSR count). The quantitative estimate of drug-likeness (QED) is 0.348. The van der Waals surface area contributed by atoms with Crippen LogP contribution in [-0.2, 0) is 19.0 Å². The van der Waals surface area contributed by atoms with Gasteiger partial charge in [-0.15, -0.1) is 0 Å². The molecule has 0 aromatic heterocycles. The number of fused-ring (bicyclic) bond motifs is 2. The Morgan fingerprint density at radius 1 is 1.10 bits per heavy atom. The minimum atomic E-state index is -1.54. The molecule has 29 heavy (non-hydrogen) atoms. The van der Waals surface area contributed by atoms with E-state index in [4.69, 9.17) is 14.2 Å². The molecular formula is C20H30O9. The van der Waals surface area contributed by atoms with Crippen molar-refractivity contribution in [3.8, 4) is 0 Å². The molecule has 2 aliphatic heterocycles. The maximum Gasteiger partial charge on any atom is 0.187 e. The summed E-state index contributed by atoms with van der Waals surface area (Å²) in [7, 11) is 0. The molecule has 2 saturated heterocycles. The van der Waals surface area contributed by atoms with E-state index in [1.807, 2.05) is 13.0 Å². The predicted molar refractivity (Wildman–Crippen MR) is 97.5 cm³/mol. The fourth-order valence-electron chi connectivity index (χ4n) is 5.35. The van der Waals surface area contributed by atoms with E-state index in [2.05, 4.69) is 0 Å². The topological polar surface area (TPSA) is 146 Å². The van der Waals surface area contributed by atoms with Crippen LogP contribution in [0.15, 0.2) is 12.2 Å². The molecule has 9 heteroatoms. The van der Waals surface area contributed by atoms with Gasteiger partial charge in [0.15, 0.2) is 6.29 Å². The summed E-state index contributed by atoms with van der Waals surface area (Å²) < 4.78 is 17.3. The van der Waals surface area contributed by atoms with Crippen LogP contribution in [0.4, 0.5) is 0 Å². The zero-order valence-electron chi connectivity index (χ0n) is 16.3. The Bertz CT molecular complexity index is 637. The van der Waals surface area contributed by atoms with Gasteiger partial charge in [-0.2, -0.15) is 0 Å². The van der Waals surface area contributed by atoms with Crippen LogP contribution in [0, 0.1) is 17.8 Å². The van der Waals surface area contributed by atoms with Crippen molar-refractivity contribution >= 4 is 5.78 Å². The number of aliphatic hydroxyl groups is 5. The second-order valence-corrected chi connectivity index (χ2v) is 8.71. The van der Waals surface area contributed by atoms with Crippen molar-refractivity contribution in [3.05, 3.63) is 12.2 Å². The lowest BCUT2D eigenvalue weighted by molar-refractivity contribution is -0.316. The number of allylic oxidation sites excluding steroid dienone is 1. The third-order valence-electron chi connectivity index (χ3n) is 6.79. The molecular weight excluding hydrogens is 384 g/mol. The van der Waals surface area contributed by atoms with Crippen molar-refractivity contribution in [1.29, 1.82) is 0 Å². The highest BCUT2D eigenvalue weighted by atomic mass is 16.7. The molecule has 2 heterocycles. The molecule has 1 saturated carbocycles. The molecule has 2 aliphatic carbocycles. The minimum absolute atomic E-state index is 0.0131. The molecule has 9 nitrogen and oxygen atoms in total. The van der Waals surface area contributed by atoms with Crippen LogP contribution in [0.25, 0.3) is 0 Å². The van der Waals surface area contributed by atoms with E-state index in [-0.39, 0.29) is 30.3 Å². The number of aliphatic hydroxyl groups excluding tert-OH is 5. The number of ketones is 1. The maximum absolute atomic E-state index is 12.6. The number of rotatable bonds is 3. The molecule has 164 valence electrons. The summed E-state index contributed by atoms with van der Waals surface area (Å²) in [6.45, 7) is 1.31. The standard InChI is InChI=1S/C20H30O9/c1-8-5-10(22)15-12(27-8)6-9-3-2-4-11(14(9)17(15)24)28-20-19(26)18(25)16(23)13(7-21)29-20/h2,4,8-9,11-21,23-26H,3,5-7H2,1H3/t8?,9?,11?,12?,13-,14?,15?,16-,17?,18+,19-,20-/m1/s1. The number of hydrogen-bond donors (Lipinski definition) is 5. The summed E-state index contributed by atoms with van der Waals surface area (Å²) in [6.07, 6.45) is -3.67. The lowest BCUT2D eigenvalue weighted by Crippen LogP contribution is -2.62. The molecule has 0 amide bonds. The van der Waals surface area contributed by atoms with Gasteiger partial charge in [-0.05, 0) is 25.7 Å². The molecule has 3 fully saturated rings. The van der Waals surface area contributed by atoms with Crippen LogP contribution < -0.4 is 0 Å². The monoisotopic (exact) mass is 414 g/mol. The molecule has 0 bridgehead atoms. The average Bonchev–Trinajstić information content (AvgIpc) is 2.67. The molecule has 0 aromatic rings. The molecule has 12 atom stereocenters. The van der Waals surface area contributed by atoms with E-state index in [1.54, 1.807) is 6.08 Å². The Morgan fingerprint density at radius 2 is 1.86 bits per heavy atom. The van der Waals surface area contributed by atoms with E-state index in [0.29, 0.717) is 12.8 Å². The summed E-state index contributed by atoms with van der Waals surface area (Å²) in [6, 6.07) is 0. The van der Waals surface area contributed by atoms with Crippen molar-refractivity contribution in [1.82, 2.24) is 0 Å². The third kappa shape index (κ3) is 3.79. The lowest BCUT2D eigenvalue weighted by atomic mass is 9.63.